The molecule has 5 rings (SSSR count). The summed E-state index contributed by atoms with van der Waals surface area (Å²) in [6.45, 7) is 7.52. The van der Waals surface area contributed by atoms with Crippen LogP contribution in [0.5, 0.6) is 0 Å². The number of rotatable bonds is 14. The maximum atomic E-state index is 14.5. The Bertz CT molecular complexity index is 1640. The van der Waals surface area contributed by atoms with Crippen LogP contribution in [0.2, 0.25) is 0 Å². The predicted octanol–water partition coefficient (Wildman–Crippen LogP) is 2.41. The fraction of sp³-hybridized carbons (Fsp3) is 0.548. The number of carbonyl (C=O) groups is 3. The number of allylic oxidation sites excluding steroid dienone is 2. The van der Waals surface area contributed by atoms with Crippen molar-refractivity contribution in [2.75, 3.05) is 32.1 Å². The largest absolute Gasteiger partial charge is 0.461 e. The third kappa shape index (κ3) is 8.60. The van der Waals surface area contributed by atoms with Crippen LogP contribution in [0.15, 0.2) is 47.8 Å². The molecule has 3 N–H and O–H groups in total. The first-order chi connectivity index (χ1) is 23.4. The lowest BCUT2D eigenvalue weighted by Crippen LogP contribution is -2.52. The third-order valence-corrected chi connectivity index (χ3v) is 9.83. The molecule has 2 aliphatic heterocycles. The van der Waals surface area contributed by atoms with Crippen LogP contribution in [0.25, 0.3) is 5.52 Å². The van der Waals surface area contributed by atoms with Gasteiger partial charge in [0.25, 0.3) is 0 Å². The van der Waals surface area contributed by atoms with Gasteiger partial charge in [-0.25, -0.2) is 19.2 Å². The van der Waals surface area contributed by atoms with Crippen LogP contribution >= 0.6 is 7.75 Å². The molecule has 0 aromatic carbocycles. The van der Waals surface area contributed by atoms with E-state index < -0.39 is 68.3 Å². The van der Waals surface area contributed by atoms with E-state index in [1.165, 1.54) is 31.6 Å². The second kappa shape index (κ2) is 15.7. The van der Waals surface area contributed by atoms with Crippen molar-refractivity contribution in [3.8, 4) is 0 Å². The molecule has 3 aliphatic rings. The van der Waals surface area contributed by atoms with Crippen LogP contribution in [-0.2, 0) is 51.7 Å². The molecule has 17 nitrogen and oxygen atoms in total. The van der Waals surface area contributed by atoms with E-state index in [1.807, 2.05) is 12.2 Å². The number of hydrogen-bond donors (Lipinski definition) is 2. The summed E-state index contributed by atoms with van der Waals surface area (Å²) in [5, 5.41) is 6.97. The van der Waals surface area contributed by atoms with Gasteiger partial charge in [0, 0.05) is 26.7 Å². The van der Waals surface area contributed by atoms with Crippen LogP contribution in [0.1, 0.15) is 51.8 Å². The first-order valence-corrected chi connectivity index (χ1v) is 17.3. The van der Waals surface area contributed by atoms with E-state index in [-0.39, 0.29) is 18.5 Å². The molecular formula is C31H41N6O11P. The van der Waals surface area contributed by atoms with Crippen LogP contribution in [-0.4, -0.2) is 102 Å². The summed E-state index contributed by atoms with van der Waals surface area (Å²) < 4.78 is 57.0. The Morgan fingerprint density at radius 3 is 2.61 bits per heavy atom. The Labute approximate surface area is 282 Å². The van der Waals surface area contributed by atoms with Crippen molar-refractivity contribution < 1.29 is 51.7 Å². The highest BCUT2D eigenvalue weighted by molar-refractivity contribution is 7.51. The van der Waals surface area contributed by atoms with Crippen LogP contribution in [0.3, 0.4) is 0 Å². The number of nitrogen functional groups attached to an aromatic ring is 1. The normalized spacial score (nSPS) is 27.3. The van der Waals surface area contributed by atoms with E-state index in [0.717, 1.165) is 0 Å². The number of aromatic nitrogens is 3. The number of fused-ring (bicyclic) bond motifs is 1. The predicted molar refractivity (Wildman–Crippen MR) is 173 cm³/mol. The van der Waals surface area contributed by atoms with Crippen molar-refractivity contribution in [1.29, 1.82) is 0 Å². The molecule has 2 unspecified atom stereocenters. The molecule has 4 heterocycles. The molecule has 2 aromatic rings. The average Bonchev–Trinajstić information content (AvgIpc) is 3.61. The van der Waals surface area contributed by atoms with E-state index in [4.69, 9.17) is 38.5 Å². The van der Waals surface area contributed by atoms with E-state index in [1.54, 1.807) is 24.3 Å². The van der Waals surface area contributed by atoms with Crippen molar-refractivity contribution in [2.24, 2.45) is 4.99 Å². The summed E-state index contributed by atoms with van der Waals surface area (Å²) >= 11 is 0. The lowest BCUT2D eigenvalue weighted by Gasteiger charge is -2.34. The zero-order valence-electron chi connectivity index (χ0n) is 27.5. The lowest BCUT2D eigenvalue weighted by molar-refractivity contribution is -0.170. The highest BCUT2D eigenvalue weighted by atomic mass is 31.2. The van der Waals surface area contributed by atoms with Gasteiger partial charge in [0.05, 0.1) is 38.2 Å². The summed E-state index contributed by atoms with van der Waals surface area (Å²) in [7, 11) is -4.40. The molecule has 18 heteroatoms. The Balaban J connectivity index is 1.47. The number of anilines is 1. The standard InChI is InChI=1S/C31H41N6O11P/c1-19(30(40)46-22-12-14-42-15-13-22)36-49(41,48-23-8-6-5-7-9-23)43-17-31(16-33-4)28(45-21(3)39)27(44-20(2)38)26(47-31)24-10-11-25-29(32)34-18-35-37(24)25/h5-8,10-11,18-19,22-23,26-28H,4,9,12-17H2,1-3H3,(H,36,41)(H2,32,34,35)/t19-,23?,26-,27-,28-,31+,49?/m0/s1. The van der Waals surface area contributed by atoms with E-state index in [0.29, 0.717) is 43.7 Å². The van der Waals surface area contributed by atoms with Gasteiger partial charge < -0.3 is 29.4 Å². The zero-order valence-corrected chi connectivity index (χ0v) is 28.4. The van der Waals surface area contributed by atoms with E-state index >= 15 is 0 Å². The van der Waals surface area contributed by atoms with Crippen molar-refractivity contribution in [3.63, 3.8) is 0 Å². The maximum Gasteiger partial charge on any atom is 0.406 e. The molecule has 7 atom stereocenters. The van der Waals surface area contributed by atoms with Crippen molar-refractivity contribution in [1.82, 2.24) is 19.7 Å². The molecule has 0 spiro atoms. The molecule has 2 fully saturated rings. The molecule has 2 aromatic heterocycles. The SMILES string of the molecule is C=NC[C@]1(COP(=O)(N[C@@H](C)C(=O)OC2CCOCC2)OC2C=CC=CC2)O[C@@H](c2ccc3c(N)ncnn23)[C@H](OC(C)=O)[C@@H]1OC(C)=O. The minimum atomic E-state index is -4.40. The van der Waals surface area contributed by atoms with Gasteiger partial charge in [-0.3, -0.25) is 28.4 Å². The van der Waals surface area contributed by atoms with Gasteiger partial charge >= 0.3 is 25.7 Å². The van der Waals surface area contributed by atoms with Crippen molar-refractivity contribution in [3.05, 3.63) is 48.5 Å². The number of carbonyl (C=O) groups excluding carboxylic acids is 3. The Kier molecular flexibility index (Phi) is 11.6. The molecule has 1 aliphatic carbocycles. The summed E-state index contributed by atoms with van der Waals surface area (Å²) in [5.41, 5.74) is 5.13. The average molecular weight is 705 g/mol. The Morgan fingerprint density at radius 2 is 1.94 bits per heavy atom. The first kappa shape index (κ1) is 36.3. The minimum Gasteiger partial charge on any atom is -0.461 e. The van der Waals surface area contributed by atoms with Gasteiger partial charge in [-0.05, 0) is 32.2 Å². The highest BCUT2D eigenvalue weighted by Crippen LogP contribution is 2.51. The van der Waals surface area contributed by atoms with Crippen LogP contribution in [0, 0.1) is 0 Å². The summed E-state index contributed by atoms with van der Waals surface area (Å²) in [4.78, 5) is 46.0. The van der Waals surface area contributed by atoms with Gasteiger partial charge in [-0.1, -0.05) is 24.3 Å². The minimum absolute atomic E-state index is 0.183. The van der Waals surface area contributed by atoms with Gasteiger partial charge in [0.15, 0.2) is 23.6 Å². The molecule has 0 radical (unpaired) electrons. The third-order valence-electron chi connectivity index (χ3n) is 8.10. The molecule has 0 saturated carbocycles. The number of hydrogen-bond acceptors (Lipinski definition) is 15. The van der Waals surface area contributed by atoms with Gasteiger partial charge in [0.1, 0.15) is 30.1 Å². The first-order valence-electron chi connectivity index (χ1n) is 15.8. The molecule has 0 bridgehead atoms. The van der Waals surface area contributed by atoms with Gasteiger partial charge in [-0.15, -0.1) is 0 Å². The summed E-state index contributed by atoms with van der Waals surface area (Å²) in [6.07, 6.45) is 4.99. The maximum absolute atomic E-state index is 14.5. The summed E-state index contributed by atoms with van der Waals surface area (Å²) in [5.74, 6) is -1.90. The molecule has 0 amide bonds. The quantitative estimate of drug-likeness (QED) is 0.125. The number of nitrogens with zero attached hydrogens (tertiary/aromatic N) is 4. The smallest absolute Gasteiger partial charge is 0.406 e. The number of ether oxygens (including phenoxy) is 5. The lowest BCUT2D eigenvalue weighted by atomic mass is 9.94. The number of aliphatic imine (C=N–C) groups is 1. The van der Waals surface area contributed by atoms with Gasteiger partial charge in [-0.2, -0.15) is 5.10 Å². The van der Waals surface area contributed by atoms with E-state index in [2.05, 4.69) is 26.9 Å². The molecular weight excluding hydrogens is 663 g/mol. The fourth-order valence-corrected chi connectivity index (χ4v) is 7.54. The number of nitrogens with two attached hydrogens (primary N) is 1. The van der Waals surface area contributed by atoms with E-state index in [9.17, 15) is 18.9 Å². The van der Waals surface area contributed by atoms with Crippen molar-refractivity contribution in [2.45, 2.75) is 82.2 Å². The number of esters is 3. The molecule has 49 heavy (non-hydrogen) atoms. The topological polar surface area (TPSA) is 213 Å². The fourth-order valence-electron chi connectivity index (χ4n) is 5.87. The zero-order chi connectivity index (χ0) is 35.2. The van der Waals surface area contributed by atoms with Gasteiger partial charge in [0.2, 0.25) is 0 Å². The second-order valence-corrected chi connectivity index (χ2v) is 13.6. The summed E-state index contributed by atoms with van der Waals surface area (Å²) in [6, 6.07) is 2.17. The Hall–Kier alpha value is -3.99. The van der Waals surface area contributed by atoms with Crippen LogP contribution in [0.4, 0.5) is 5.82 Å². The second-order valence-electron chi connectivity index (χ2n) is 11.9. The number of nitrogens with one attached hydrogen (secondary N) is 1. The molecule has 266 valence electrons. The van der Waals surface area contributed by atoms with Crippen LogP contribution < -0.4 is 10.8 Å². The highest BCUT2D eigenvalue weighted by Gasteiger charge is 2.61. The van der Waals surface area contributed by atoms with Crippen molar-refractivity contribution >= 4 is 43.7 Å². The monoisotopic (exact) mass is 704 g/mol. The molecule has 2 saturated heterocycles. The Morgan fingerprint density at radius 1 is 1.18 bits per heavy atom.